The van der Waals surface area contributed by atoms with Crippen LogP contribution in [0.5, 0.6) is 0 Å². The number of likely N-dealkylation sites (tertiary alicyclic amines) is 1. The van der Waals surface area contributed by atoms with Gasteiger partial charge in [0.1, 0.15) is 0 Å². The zero-order valence-corrected chi connectivity index (χ0v) is 6.30. The molecule has 1 aliphatic heterocycles. The molecule has 0 bridgehead atoms. The van der Waals surface area contributed by atoms with Crippen LogP contribution in [0.1, 0.15) is 0 Å². The maximum absolute atomic E-state index is 10.5. The van der Waals surface area contributed by atoms with Crippen LogP contribution in [0.4, 0.5) is 4.79 Å². The van der Waals surface area contributed by atoms with Crippen LogP contribution in [0.15, 0.2) is 0 Å². The molecule has 2 atom stereocenters. The van der Waals surface area contributed by atoms with Crippen molar-refractivity contribution in [3.63, 3.8) is 0 Å². The number of aliphatic carboxylic acids is 1. The summed E-state index contributed by atoms with van der Waals surface area (Å²) in [6.45, 7) is 0.800. The van der Waals surface area contributed by atoms with Crippen molar-refractivity contribution in [2.24, 2.45) is 17.8 Å². The SMILES string of the molecule is O=C(O)C1[C@@H]2CN(C(=O)O)C[C@@H]12. The fraction of sp³-hybridized carbons (Fsp3) is 0.714. The lowest BCUT2D eigenvalue weighted by molar-refractivity contribution is -0.139. The van der Waals surface area contributed by atoms with Gasteiger partial charge >= 0.3 is 12.1 Å². The Hall–Kier alpha value is -1.26. The summed E-state index contributed by atoms with van der Waals surface area (Å²) in [6, 6.07) is 0. The molecule has 2 N–H and O–H groups in total. The van der Waals surface area contributed by atoms with Gasteiger partial charge in [-0.25, -0.2) is 4.79 Å². The smallest absolute Gasteiger partial charge is 0.407 e. The molecule has 0 radical (unpaired) electrons. The van der Waals surface area contributed by atoms with Crippen molar-refractivity contribution in [2.45, 2.75) is 0 Å². The first-order valence-electron chi connectivity index (χ1n) is 3.82. The lowest BCUT2D eigenvalue weighted by Gasteiger charge is -2.13. The Morgan fingerprint density at radius 2 is 1.67 bits per heavy atom. The number of piperidine rings is 1. The molecule has 1 saturated carbocycles. The van der Waals surface area contributed by atoms with Gasteiger partial charge in [0, 0.05) is 13.1 Å². The minimum atomic E-state index is -0.939. The molecule has 0 aromatic rings. The molecule has 2 rings (SSSR count). The first-order valence-corrected chi connectivity index (χ1v) is 3.82. The van der Waals surface area contributed by atoms with Crippen LogP contribution in [0.3, 0.4) is 0 Å². The number of rotatable bonds is 1. The minimum Gasteiger partial charge on any atom is -0.481 e. The van der Waals surface area contributed by atoms with Crippen molar-refractivity contribution < 1.29 is 19.8 Å². The summed E-state index contributed by atoms with van der Waals surface area (Å²) in [5.41, 5.74) is 0. The predicted molar refractivity (Wildman–Crippen MR) is 37.7 cm³/mol. The molecule has 1 amide bonds. The molecule has 1 aliphatic carbocycles. The summed E-state index contributed by atoms with van der Waals surface area (Å²) in [5, 5.41) is 17.2. The van der Waals surface area contributed by atoms with Gasteiger partial charge in [-0.15, -0.1) is 0 Å². The Labute approximate surface area is 68.6 Å². The molecule has 12 heavy (non-hydrogen) atoms. The summed E-state index contributed by atoms with van der Waals surface area (Å²) in [4.78, 5) is 22.2. The average molecular weight is 171 g/mol. The fourth-order valence-electron chi connectivity index (χ4n) is 2.05. The number of nitrogens with zero attached hydrogens (tertiary/aromatic N) is 1. The molecule has 0 aromatic carbocycles. The summed E-state index contributed by atoms with van der Waals surface area (Å²) in [5.74, 6) is -0.896. The first-order chi connectivity index (χ1) is 5.61. The van der Waals surface area contributed by atoms with E-state index in [4.69, 9.17) is 10.2 Å². The maximum atomic E-state index is 10.5. The van der Waals surface area contributed by atoms with Crippen molar-refractivity contribution in [3.8, 4) is 0 Å². The van der Waals surface area contributed by atoms with Crippen LogP contribution < -0.4 is 0 Å². The Balaban J connectivity index is 1.94. The highest BCUT2D eigenvalue weighted by Gasteiger charge is 2.60. The highest BCUT2D eigenvalue weighted by molar-refractivity contribution is 5.76. The van der Waals surface area contributed by atoms with Crippen LogP contribution in [-0.2, 0) is 4.79 Å². The molecular weight excluding hydrogens is 162 g/mol. The number of carboxylic acid groups (broad SMARTS) is 2. The largest absolute Gasteiger partial charge is 0.481 e. The summed E-state index contributed by atoms with van der Waals surface area (Å²) in [7, 11) is 0. The van der Waals surface area contributed by atoms with Gasteiger partial charge in [0.05, 0.1) is 5.92 Å². The van der Waals surface area contributed by atoms with Gasteiger partial charge in [0.15, 0.2) is 0 Å². The molecular formula is C7H9NO4. The Morgan fingerprint density at radius 1 is 1.17 bits per heavy atom. The average Bonchev–Trinajstić information content (AvgIpc) is 2.48. The van der Waals surface area contributed by atoms with E-state index in [-0.39, 0.29) is 17.8 Å². The second kappa shape index (κ2) is 2.12. The lowest BCUT2D eigenvalue weighted by Crippen LogP contribution is -2.30. The van der Waals surface area contributed by atoms with E-state index in [0.29, 0.717) is 13.1 Å². The van der Waals surface area contributed by atoms with Gasteiger partial charge in [-0.2, -0.15) is 0 Å². The fourth-order valence-corrected chi connectivity index (χ4v) is 2.05. The van der Waals surface area contributed by atoms with E-state index in [0.717, 1.165) is 0 Å². The number of amides is 1. The van der Waals surface area contributed by atoms with Gasteiger partial charge in [-0.3, -0.25) is 4.79 Å². The molecule has 2 fully saturated rings. The molecule has 5 heteroatoms. The van der Waals surface area contributed by atoms with Crippen LogP contribution in [0.25, 0.3) is 0 Å². The van der Waals surface area contributed by atoms with E-state index in [9.17, 15) is 9.59 Å². The van der Waals surface area contributed by atoms with E-state index in [1.54, 1.807) is 0 Å². The van der Waals surface area contributed by atoms with E-state index >= 15 is 0 Å². The van der Waals surface area contributed by atoms with Crippen molar-refractivity contribution in [1.29, 1.82) is 0 Å². The summed E-state index contributed by atoms with van der Waals surface area (Å²) in [6.07, 6.45) is -0.939. The van der Waals surface area contributed by atoms with Crippen molar-refractivity contribution in [1.82, 2.24) is 4.90 Å². The van der Waals surface area contributed by atoms with Gasteiger partial charge in [0.2, 0.25) is 0 Å². The molecule has 1 saturated heterocycles. The van der Waals surface area contributed by atoms with E-state index in [1.807, 2.05) is 0 Å². The quantitative estimate of drug-likeness (QED) is 0.578. The zero-order chi connectivity index (χ0) is 8.88. The van der Waals surface area contributed by atoms with Gasteiger partial charge in [-0.1, -0.05) is 0 Å². The Kier molecular flexibility index (Phi) is 1.31. The summed E-state index contributed by atoms with van der Waals surface area (Å²) < 4.78 is 0. The second-order valence-electron chi connectivity index (χ2n) is 3.38. The molecule has 5 nitrogen and oxygen atoms in total. The maximum Gasteiger partial charge on any atom is 0.407 e. The van der Waals surface area contributed by atoms with Crippen molar-refractivity contribution in [3.05, 3.63) is 0 Å². The van der Waals surface area contributed by atoms with Crippen molar-refractivity contribution >= 4 is 12.1 Å². The van der Waals surface area contributed by atoms with Crippen LogP contribution >= 0.6 is 0 Å². The number of carboxylic acids is 1. The number of hydrogen-bond acceptors (Lipinski definition) is 2. The molecule has 0 aromatic heterocycles. The Morgan fingerprint density at radius 3 is 2.00 bits per heavy atom. The number of hydrogen-bond donors (Lipinski definition) is 2. The van der Waals surface area contributed by atoms with Crippen molar-refractivity contribution in [2.75, 3.05) is 13.1 Å². The van der Waals surface area contributed by atoms with E-state index in [2.05, 4.69) is 0 Å². The Bertz CT molecular complexity index is 228. The van der Waals surface area contributed by atoms with Crippen LogP contribution in [-0.4, -0.2) is 40.3 Å². The molecule has 66 valence electrons. The second-order valence-corrected chi connectivity index (χ2v) is 3.38. The third-order valence-electron chi connectivity index (χ3n) is 2.75. The lowest BCUT2D eigenvalue weighted by atomic mass is 10.3. The number of fused-ring (bicyclic) bond motifs is 1. The minimum absolute atomic E-state index is 0.0820. The van der Waals surface area contributed by atoms with E-state index < -0.39 is 12.1 Å². The normalized spacial score (nSPS) is 37.7. The summed E-state index contributed by atoms with van der Waals surface area (Å²) >= 11 is 0. The zero-order valence-electron chi connectivity index (χ0n) is 6.30. The highest BCUT2D eigenvalue weighted by atomic mass is 16.4. The third-order valence-corrected chi connectivity index (χ3v) is 2.75. The standard InChI is InChI=1S/C7H9NO4/c9-6(10)5-3-1-8(7(11)12)2-4(3)5/h3-5H,1-2H2,(H,9,10)(H,11,12)/t3-,4-/m1/s1. The van der Waals surface area contributed by atoms with Crippen LogP contribution in [0, 0.1) is 17.8 Å². The monoisotopic (exact) mass is 171 g/mol. The molecule has 1 heterocycles. The predicted octanol–water partition coefficient (Wildman–Crippen LogP) is -0.0732. The molecule has 0 spiro atoms. The third kappa shape index (κ3) is 0.855. The topological polar surface area (TPSA) is 77.8 Å². The van der Waals surface area contributed by atoms with E-state index in [1.165, 1.54) is 4.90 Å². The first kappa shape index (κ1) is 7.39. The van der Waals surface area contributed by atoms with Gasteiger partial charge in [0.25, 0.3) is 0 Å². The van der Waals surface area contributed by atoms with Crippen LogP contribution in [0.2, 0.25) is 0 Å². The molecule has 0 unspecified atom stereocenters. The van der Waals surface area contributed by atoms with Gasteiger partial charge < -0.3 is 15.1 Å². The van der Waals surface area contributed by atoms with Gasteiger partial charge in [-0.05, 0) is 11.8 Å². The number of carbonyl (C=O) groups is 2. The highest BCUT2D eigenvalue weighted by Crippen LogP contribution is 2.51. The molecule has 2 aliphatic rings.